The van der Waals surface area contributed by atoms with E-state index in [9.17, 15) is 0 Å². The molecule has 0 bridgehead atoms. The molecule has 0 radical (unpaired) electrons. The lowest BCUT2D eigenvalue weighted by Crippen LogP contribution is -1.85. The average molecular weight is 543 g/mol. The summed E-state index contributed by atoms with van der Waals surface area (Å²) in [4.78, 5) is 0. The van der Waals surface area contributed by atoms with Crippen molar-refractivity contribution in [3.05, 3.63) is 133 Å². The number of hydrogen-bond donors (Lipinski definition) is 0. The van der Waals surface area contributed by atoms with E-state index >= 15 is 0 Å². The number of hydrogen-bond acceptors (Lipinski definition) is 2. The maximum Gasteiger partial charge on any atom is 0.0542 e. The molecule has 0 spiro atoms. The van der Waals surface area contributed by atoms with Gasteiger partial charge in [-0.3, -0.25) is 0 Å². The highest BCUT2D eigenvalue weighted by Crippen LogP contribution is 2.45. The smallest absolute Gasteiger partial charge is 0.0542 e. The molecule has 0 aliphatic carbocycles. The van der Waals surface area contributed by atoms with Gasteiger partial charge in [-0.1, -0.05) is 109 Å². The summed E-state index contributed by atoms with van der Waals surface area (Å²) in [7, 11) is 0. The summed E-state index contributed by atoms with van der Waals surface area (Å²) >= 11 is 3.83. The Morgan fingerprint density at radius 1 is 0.275 bits per heavy atom. The minimum absolute atomic E-state index is 1.25. The molecule has 0 aliphatic heterocycles. The summed E-state index contributed by atoms with van der Waals surface area (Å²) in [5.74, 6) is 0. The first-order valence-electron chi connectivity index (χ1n) is 13.6. The molecule has 0 saturated carbocycles. The van der Waals surface area contributed by atoms with Crippen molar-refractivity contribution in [3.63, 3.8) is 0 Å². The largest absolute Gasteiger partial charge is 0.134 e. The van der Waals surface area contributed by atoms with Crippen LogP contribution >= 0.6 is 22.7 Å². The van der Waals surface area contributed by atoms with Crippen LogP contribution in [0.25, 0.3) is 84.1 Å². The Balaban J connectivity index is 1.19. The molecule has 0 unspecified atom stereocenters. The molecule has 0 N–H and O–H groups in total. The molecule has 0 saturated heterocycles. The summed E-state index contributed by atoms with van der Waals surface area (Å²) in [5.41, 5.74) is 5.02. The Kier molecular flexibility index (Phi) is 4.74. The lowest BCUT2D eigenvalue weighted by molar-refractivity contribution is 1.62. The van der Waals surface area contributed by atoms with Crippen LogP contribution in [0.5, 0.6) is 0 Å². The molecule has 186 valence electrons. The number of rotatable bonds is 2. The first-order valence-corrected chi connectivity index (χ1v) is 15.2. The van der Waals surface area contributed by atoms with Crippen molar-refractivity contribution in [3.8, 4) is 22.3 Å². The summed E-state index contributed by atoms with van der Waals surface area (Å²) in [6.45, 7) is 0. The maximum absolute atomic E-state index is 2.38. The Morgan fingerprint density at radius 3 is 1.40 bits per heavy atom. The van der Waals surface area contributed by atoms with E-state index in [4.69, 9.17) is 0 Å². The van der Waals surface area contributed by atoms with Crippen LogP contribution in [0.3, 0.4) is 0 Å². The zero-order valence-electron chi connectivity index (χ0n) is 21.5. The Hall–Kier alpha value is -4.50. The van der Waals surface area contributed by atoms with E-state index < -0.39 is 0 Å². The van der Waals surface area contributed by atoms with Crippen LogP contribution in [-0.2, 0) is 0 Å². The van der Waals surface area contributed by atoms with E-state index in [2.05, 4.69) is 133 Å². The van der Waals surface area contributed by atoms with Crippen LogP contribution in [0, 0.1) is 0 Å². The van der Waals surface area contributed by atoms with Crippen molar-refractivity contribution in [2.45, 2.75) is 0 Å². The van der Waals surface area contributed by atoms with Crippen LogP contribution in [0.2, 0.25) is 0 Å². The molecule has 9 rings (SSSR count). The van der Waals surface area contributed by atoms with Gasteiger partial charge < -0.3 is 0 Å². The van der Waals surface area contributed by atoms with Crippen molar-refractivity contribution < 1.29 is 0 Å². The quantitative estimate of drug-likeness (QED) is 0.191. The predicted molar refractivity (Wildman–Crippen MR) is 178 cm³/mol. The predicted octanol–water partition coefficient (Wildman–Crippen LogP) is 12.1. The van der Waals surface area contributed by atoms with Crippen molar-refractivity contribution in [1.82, 2.24) is 0 Å². The molecule has 0 atom stereocenters. The second kappa shape index (κ2) is 8.50. The highest BCUT2D eigenvalue weighted by molar-refractivity contribution is 7.36. The minimum Gasteiger partial charge on any atom is -0.134 e. The van der Waals surface area contributed by atoms with Gasteiger partial charge in [-0.15, -0.1) is 22.7 Å². The average Bonchev–Trinajstić information content (AvgIpc) is 3.57. The van der Waals surface area contributed by atoms with Crippen LogP contribution in [0.1, 0.15) is 0 Å². The van der Waals surface area contributed by atoms with Gasteiger partial charge >= 0.3 is 0 Å². The lowest BCUT2D eigenvalue weighted by Gasteiger charge is -2.12. The third-order valence-electron chi connectivity index (χ3n) is 8.26. The first kappa shape index (κ1) is 22.3. The van der Waals surface area contributed by atoms with Crippen LogP contribution in [0.15, 0.2) is 133 Å². The van der Waals surface area contributed by atoms with E-state index in [0.29, 0.717) is 0 Å². The van der Waals surface area contributed by atoms with Gasteiger partial charge in [-0.05, 0) is 78.8 Å². The van der Waals surface area contributed by atoms with Gasteiger partial charge in [0.2, 0.25) is 0 Å². The monoisotopic (exact) mass is 542 g/mol. The highest BCUT2D eigenvalue weighted by atomic mass is 32.1. The number of thiophene rings is 2. The third-order valence-corrected chi connectivity index (χ3v) is 10.8. The molecular weight excluding hydrogens is 521 g/mol. The zero-order chi connectivity index (χ0) is 26.2. The van der Waals surface area contributed by atoms with Gasteiger partial charge in [0.25, 0.3) is 0 Å². The summed E-state index contributed by atoms with van der Waals surface area (Å²) in [5, 5.41) is 10.6. The molecule has 9 aromatic rings. The van der Waals surface area contributed by atoms with Crippen LogP contribution < -0.4 is 0 Å². The summed E-state index contributed by atoms with van der Waals surface area (Å²) < 4.78 is 5.56. The molecule has 0 nitrogen and oxygen atoms in total. The number of benzene rings is 7. The molecule has 0 fully saturated rings. The van der Waals surface area contributed by atoms with Gasteiger partial charge in [0.05, 0.1) is 9.40 Å². The van der Waals surface area contributed by atoms with Gasteiger partial charge in [0, 0.05) is 20.2 Å². The van der Waals surface area contributed by atoms with Crippen LogP contribution in [-0.4, -0.2) is 0 Å². The van der Waals surface area contributed by atoms with Crippen molar-refractivity contribution in [1.29, 1.82) is 0 Å². The molecule has 7 aromatic carbocycles. The molecular formula is C38H22S2. The second-order valence-electron chi connectivity index (χ2n) is 10.5. The summed E-state index contributed by atoms with van der Waals surface area (Å²) in [6.07, 6.45) is 0. The third kappa shape index (κ3) is 3.24. The maximum atomic E-state index is 2.38. The number of fused-ring (bicyclic) bond motifs is 11. The molecule has 0 aliphatic rings. The second-order valence-corrected chi connectivity index (χ2v) is 12.6. The normalized spacial score (nSPS) is 12.0. The van der Waals surface area contributed by atoms with E-state index in [1.165, 1.54) is 84.1 Å². The van der Waals surface area contributed by atoms with Crippen molar-refractivity contribution in [2.75, 3.05) is 0 Å². The van der Waals surface area contributed by atoms with Gasteiger partial charge in [-0.2, -0.15) is 0 Å². The van der Waals surface area contributed by atoms with E-state index in [1.807, 2.05) is 22.7 Å². The van der Waals surface area contributed by atoms with Gasteiger partial charge in [0.1, 0.15) is 0 Å². The van der Waals surface area contributed by atoms with E-state index in [1.54, 1.807) is 0 Å². The van der Waals surface area contributed by atoms with Crippen molar-refractivity contribution in [2.24, 2.45) is 0 Å². The molecule has 40 heavy (non-hydrogen) atoms. The van der Waals surface area contributed by atoms with Crippen LogP contribution in [0.4, 0.5) is 0 Å². The van der Waals surface area contributed by atoms with E-state index in [0.717, 1.165) is 0 Å². The SMILES string of the molecule is c1cc(-c2ccc3c(c2)sc2c4ccccc4sc32)cc(-c2ccc3c4ccccc4c4ccccc4c3c2)c1. The summed E-state index contributed by atoms with van der Waals surface area (Å²) in [6, 6.07) is 49.3. The van der Waals surface area contributed by atoms with Gasteiger partial charge in [-0.25, -0.2) is 0 Å². The standard InChI is InChI=1S/C38H22S2/c1-2-12-29-27(10-1)28-11-3-4-13-30(28)34-21-25(16-18-31(29)34)23-8-7-9-24(20-23)26-17-19-33-36(22-26)40-37-32-14-5-6-15-35(32)39-38(33)37/h1-22H. The van der Waals surface area contributed by atoms with Crippen molar-refractivity contribution >= 4 is 84.6 Å². The van der Waals surface area contributed by atoms with Gasteiger partial charge in [0.15, 0.2) is 0 Å². The topological polar surface area (TPSA) is 0 Å². The Morgan fingerprint density at radius 2 is 0.725 bits per heavy atom. The minimum atomic E-state index is 1.25. The Labute approximate surface area is 239 Å². The molecule has 0 amide bonds. The lowest BCUT2D eigenvalue weighted by atomic mass is 9.91. The fraction of sp³-hybridized carbons (Fsp3) is 0. The fourth-order valence-electron chi connectivity index (χ4n) is 6.35. The first-order chi connectivity index (χ1) is 19.8. The molecule has 2 aromatic heterocycles. The molecule has 2 heteroatoms. The highest BCUT2D eigenvalue weighted by Gasteiger charge is 2.13. The Bertz CT molecular complexity index is 2400. The zero-order valence-corrected chi connectivity index (χ0v) is 23.2. The fourth-order valence-corrected chi connectivity index (χ4v) is 9.04. The van der Waals surface area contributed by atoms with E-state index in [-0.39, 0.29) is 0 Å². The molecule has 2 heterocycles.